The van der Waals surface area contributed by atoms with Crippen molar-refractivity contribution in [2.45, 2.75) is 38.7 Å². The maximum atomic E-state index is 12.2. The van der Waals surface area contributed by atoms with Crippen molar-refractivity contribution >= 4 is 27.7 Å². The van der Waals surface area contributed by atoms with Gasteiger partial charge in [0, 0.05) is 23.5 Å². The lowest BCUT2D eigenvalue weighted by Crippen LogP contribution is -2.38. The van der Waals surface area contributed by atoms with Gasteiger partial charge in [-0.05, 0) is 43.2 Å². The molecule has 1 heterocycles. The lowest BCUT2D eigenvalue weighted by atomic mass is 9.89. The van der Waals surface area contributed by atoms with E-state index >= 15 is 0 Å². The minimum Gasteiger partial charge on any atom is -0.486 e. The van der Waals surface area contributed by atoms with E-state index in [9.17, 15) is 9.59 Å². The van der Waals surface area contributed by atoms with Gasteiger partial charge in [-0.3, -0.25) is 9.59 Å². The summed E-state index contributed by atoms with van der Waals surface area (Å²) in [6.45, 7) is 1.02. The maximum absolute atomic E-state index is 12.2. The first-order chi connectivity index (χ1) is 13.6. The predicted molar refractivity (Wildman–Crippen MR) is 109 cm³/mol. The molecule has 150 valence electrons. The van der Waals surface area contributed by atoms with Gasteiger partial charge in [-0.15, -0.1) is 0 Å². The first kappa shape index (κ1) is 20.5. The van der Waals surface area contributed by atoms with Gasteiger partial charge in [0.15, 0.2) is 5.76 Å². The van der Waals surface area contributed by atoms with E-state index in [4.69, 9.17) is 9.15 Å². The summed E-state index contributed by atoms with van der Waals surface area (Å²) in [4.78, 5) is 24.2. The van der Waals surface area contributed by atoms with Crippen LogP contribution in [0.5, 0.6) is 5.75 Å². The third kappa shape index (κ3) is 6.12. The molecule has 1 aliphatic rings. The fourth-order valence-electron chi connectivity index (χ4n) is 3.25. The molecule has 0 aliphatic heterocycles. The van der Waals surface area contributed by atoms with Crippen molar-refractivity contribution in [1.29, 1.82) is 0 Å². The van der Waals surface area contributed by atoms with Crippen LogP contribution in [0.15, 0.2) is 45.3 Å². The molecule has 0 atom stereocenters. The normalized spacial score (nSPS) is 14.5. The van der Waals surface area contributed by atoms with E-state index in [1.54, 1.807) is 12.1 Å². The number of carbonyl (C=O) groups excluding carboxylic acids is 2. The van der Waals surface area contributed by atoms with Crippen molar-refractivity contribution in [1.82, 2.24) is 10.6 Å². The summed E-state index contributed by atoms with van der Waals surface area (Å²) in [6, 6.07) is 10.8. The number of ether oxygens (including phenoxy) is 1. The van der Waals surface area contributed by atoms with Gasteiger partial charge in [-0.2, -0.15) is 0 Å². The summed E-state index contributed by atoms with van der Waals surface area (Å²) in [5.74, 6) is 1.43. The Labute approximate surface area is 173 Å². The topological polar surface area (TPSA) is 80.6 Å². The van der Waals surface area contributed by atoms with Crippen molar-refractivity contribution in [3.63, 3.8) is 0 Å². The second-order valence-electron chi connectivity index (χ2n) is 6.89. The van der Waals surface area contributed by atoms with Crippen molar-refractivity contribution < 1.29 is 18.7 Å². The van der Waals surface area contributed by atoms with Crippen LogP contribution in [-0.4, -0.2) is 24.9 Å². The maximum Gasteiger partial charge on any atom is 0.287 e. The summed E-state index contributed by atoms with van der Waals surface area (Å²) >= 11 is 3.39. The minimum atomic E-state index is -0.305. The average Bonchev–Trinajstić information content (AvgIpc) is 3.19. The highest BCUT2D eigenvalue weighted by Gasteiger charge is 2.20. The van der Waals surface area contributed by atoms with Crippen molar-refractivity contribution in [3.05, 3.63) is 52.4 Å². The molecular weight excluding hydrogens is 424 g/mol. The van der Waals surface area contributed by atoms with Crippen molar-refractivity contribution in [2.75, 3.05) is 13.1 Å². The fourth-order valence-corrected chi connectivity index (χ4v) is 3.62. The number of rotatable bonds is 8. The van der Waals surface area contributed by atoms with Gasteiger partial charge in [0.1, 0.15) is 18.1 Å². The van der Waals surface area contributed by atoms with E-state index in [1.807, 2.05) is 24.3 Å². The molecule has 0 saturated heterocycles. The quantitative estimate of drug-likeness (QED) is 0.596. The number of benzene rings is 1. The molecule has 7 heteroatoms. The van der Waals surface area contributed by atoms with Gasteiger partial charge in [0.05, 0.1) is 0 Å². The number of amides is 2. The number of carbonyl (C=O) groups is 2. The molecule has 0 spiro atoms. The molecule has 1 aromatic carbocycles. The minimum absolute atomic E-state index is 0.0962. The summed E-state index contributed by atoms with van der Waals surface area (Å²) < 4.78 is 12.1. The number of hydrogen-bond donors (Lipinski definition) is 2. The van der Waals surface area contributed by atoms with Crippen LogP contribution in [0.1, 0.15) is 48.4 Å². The average molecular weight is 449 g/mol. The zero-order valence-corrected chi connectivity index (χ0v) is 17.3. The van der Waals surface area contributed by atoms with Crippen LogP contribution in [0.25, 0.3) is 0 Å². The van der Waals surface area contributed by atoms with E-state index in [1.165, 1.54) is 6.42 Å². The van der Waals surface area contributed by atoms with Crippen LogP contribution in [-0.2, 0) is 11.4 Å². The van der Waals surface area contributed by atoms with Crippen molar-refractivity contribution in [2.24, 2.45) is 5.92 Å². The van der Waals surface area contributed by atoms with E-state index in [0.29, 0.717) is 24.6 Å². The molecule has 1 saturated carbocycles. The lowest BCUT2D eigenvalue weighted by molar-refractivity contribution is -0.125. The Hall–Kier alpha value is -2.28. The molecule has 28 heavy (non-hydrogen) atoms. The summed E-state index contributed by atoms with van der Waals surface area (Å²) in [6.07, 6.45) is 5.41. The number of halogens is 1. The van der Waals surface area contributed by atoms with Crippen LogP contribution in [0.4, 0.5) is 0 Å². The van der Waals surface area contributed by atoms with Crippen LogP contribution >= 0.6 is 15.9 Å². The summed E-state index contributed by atoms with van der Waals surface area (Å²) in [5, 5.41) is 5.66. The first-order valence-electron chi connectivity index (χ1n) is 9.65. The zero-order valence-electron chi connectivity index (χ0n) is 15.7. The lowest BCUT2D eigenvalue weighted by Gasteiger charge is -2.20. The SMILES string of the molecule is O=C(NCCNC(=O)C1CCCCC1)c1ccc(COc2cccc(Br)c2)o1. The number of hydrogen-bond acceptors (Lipinski definition) is 4. The molecule has 0 radical (unpaired) electrons. The Bertz CT molecular complexity index is 799. The molecular formula is C21H25BrN2O4. The van der Waals surface area contributed by atoms with E-state index in [-0.39, 0.29) is 30.1 Å². The van der Waals surface area contributed by atoms with Crippen LogP contribution in [0.2, 0.25) is 0 Å². The highest BCUT2D eigenvalue weighted by molar-refractivity contribution is 9.10. The summed E-state index contributed by atoms with van der Waals surface area (Å²) in [5.41, 5.74) is 0. The Morgan fingerprint density at radius 1 is 1.07 bits per heavy atom. The Morgan fingerprint density at radius 3 is 2.64 bits per heavy atom. The highest BCUT2D eigenvalue weighted by Crippen LogP contribution is 2.23. The molecule has 2 aromatic rings. The zero-order chi connectivity index (χ0) is 19.8. The first-order valence-corrected chi connectivity index (χ1v) is 10.4. The van der Waals surface area contributed by atoms with Gasteiger partial charge in [0.25, 0.3) is 5.91 Å². The molecule has 2 N–H and O–H groups in total. The Kier molecular flexibility index (Phi) is 7.54. The standard InChI is InChI=1S/C21H25BrN2O4/c22-16-7-4-8-17(13-16)27-14-18-9-10-19(28-18)21(26)24-12-11-23-20(25)15-5-2-1-3-6-15/h4,7-10,13,15H,1-3,5-6,11-12,14H2,(H,23,25)(H,24,26). The van der Waals surface area contributed by atoms with Gasteiger partial charge < -0.3 is 19.8 Å². The van der Waals surface area contributed by atoms with Gasteiger partial charge in [-0.25, -0.2) is 0 Å². The number of nitrogens with one attached hydrogen (secondary N) is 2. The van der Waals surface area contributed by atoms with Crippen molar-refractivity contribution in [3.8, 4) is 5.75 Å². The number of furan rings is 1. The van der Waals surface area contributed by atoms with E-state index in [0.717, 1.165) is 30.2 Å². The Morgan fingerprint density at radius 2 is 1.86 bits per heavy atom. The second kappa shape index (κ2) is 10.3. The fraction of sp³-hybridized carbons (Fsp3) is 0.429. The molecule has 6 nitrogen and oxygen atoms in total. The van der Waals surface area contributed by atoms with Crippen LogP contribution < -0.4 is 15.4 Å². The van der Waals surface area contributed by atoms with Gasteiger partial charge in [-0.1, -0.05) is 41.3 Å². The molecule has 1 fully saturated rings. The molecule has 1 aromatic heterocycles. The monoisotopic (exact) mass is 448 g/mol. The molecule has 0 bridgehead atoms. The molecule has 1 aliphatic carbocycles. The van der Waals surface area contributed by atoms with Gasteiger partial charge >= 0.3 is 0 Å². The smallest absolute Gasteiger partial charge is 0.287 e. The van der Waals surface area contributed by atoms with Crippen LogP contribution in [0, 0.1) is 5.92 Å². The Balaban J connectivity index is 1.37. The molecule has 0 unspecified atom stereocenters. The third-order valence-corrected chi connectivity index (χ3v) is 5.24. The molecule has 2 amide bonds. The van der Waals surface area contributed by atoms with E-state index in [2.05, 4.69) is 26.6 Å². The van der Waals surface area contributed by atoms with Crippen LogP contribution in [0.3, 0.4) is 0 Å². The summed E-state index contributed by atoms with van der Waals surface area (Å²) in [7, 11) is 0. The second-order valence-corrected chi connectivity index (χ2v) is 7.81. The molecule has 3 rings (SSSR count). The van der Waals surface area contributed by atoms with E-state index < -0.39 is 0 Å². The highest BCUT2D eigenvalue weighted by atomic mass is 79.9. The predicted octanol–water partition coefficient (Wildman–Crippen LogP) is 4.05. The van der Waals surface area contributed by atoms with Gasteiger partial charge in [0.2, 0.25) is 5.91 Å². The third-order valence-electron chi connectivity index (χ3n) is 4.75. The largest absolute Gasteiger partial charge is 0.486 e.